The molecule has 3 atom stereocenters. The summed E-state index contributed by atoms with van der Waals surface area (Å²) in [5, 5.41) is 3.44. The second-order valence-electron chi connectivity index (χ2n) is 8.07. The van der Waals surface area contributed by atoms with E-state index in [-0.39, 0.29) is 5.54 Å². The highest BCUT2D eigenvalue weighted by Gasteiger charge is 2.34. The van der Waals surface area contributed by atoms with Gasteiger partial charge >= 0.3 is 0 Å². The Morgan fingerprint density at radius 3 is 2.67 bits per heavy atom. The minimum Gasteiger partial charge on any atom is -0.444 e. The van der Waals surface area contributed by atoms with E-state index in [0.29, 0.717) is 5.92 Å². The van der Waals surface area contributed by atoms with E-state index in [1.54, 1.807) is 0 Å². The Morgan fingerprint density at radius 1 is 1.14 bits per heavy atom. The summed E-state index contributed by atoms with van der Waals surface area (Å²) in [6.45, 7) is 7.23. The van der Waals surface area contributed by atoms with Crippen molar-refractivity contribution in [3.63, 3.8) is 0 Å². The second kappa shape index (κ2) is 6.12. The highest BCUT2D eigenvalue weighted by Crippen LogP contribution is 2.46. The van der Waals surface area contributed by atoms with Crippen LogP contribution >= 0.6 is 0 Å². The fraction of sp³-hybridized carbons (Fsp3) is 0.833. The number of fused-ring (bicyclic) bond motifs is 1. The molecule has 2 aliphatic rings. The maximum absolute atomic E-state index is 6.02. The van der Waals surface area contributed by atoms with E-state index in [1.807, 2.05) is 6.20 Å². The van der Waals surface area contributed by atoms with Crippen LogP contribution in [-0.4, -0.2) is 10.5 Å². The third-order valence-electron chi connectivity index (χ3n) is 5.28. The average Bonchev–Trinajstić information content (AvgIpc) is 2.93. The molecule has 2 saturated carbocycles. The fourth-order valence-electron chi connectivity index (χ4n) is 4.07. The Labute approximate surface area is 128 Å². The van der Waals surface area contributed by atoms with Gasteiger partial charge < -0.3 is 9.73 Å². The maximum atomic E-state index is 6.02. The van der Waals surface area contributed by atoms with E-state index in [0.717, 1.165) is 30.0 Å². The lowest BCUT2D eigenvalue weighted by Crippen LogP contribution is -2.35. The zero-order chi connectivity index (χ0) is 14.9. The molecule has 1 aromatic rings. The van der Waals surface area contributed by atoms with E-state index in [4.69, 9.17) is 4.42 Å². The molecule has 0 amide bonds. The Bertz CT molecular complexity index is 460. The largest absolute Gasteiger partial charge is 0.444 e. The molecule has 0 radical (unpaired) electrons. The van der Waals surface area contributed by atoms with Gasteiger partial charge in [-0.15, -0.1) is 0 Å². The number of oxazole rings is 1. The maximum Gasteiger partial charge on any atom is 0.208 e. The average molecular weight is 290 g/mol. The number of hydrogen-bond donors (Lipinski definition) is 1. The van der Waals surface area contributed by atoms with Crippen molar-refractivity contribution < 1.29 is 4.42 Å². The molecule has 1 heterocycles. The minimum absolute atomic E-state index is 0.106. The molecular weight excluding hydrogens is 260 g/mol. The van der Waals surface area contributed by atoms with Gasteiger partial charge in [-0.2, -0.15) is 0 Å². The Kier molecular flexibility index (Phi) is 4.39. The second-order valence-corrected chi connectivity index (χ2v) is 8.07. The summed E-state index contributed by atoms with van der Waals surface area (Å²) in [4.78, 5) is 4.47. The minimum atomic E-state index is 0.106. The molecule has 0 saturated heterocycles. The highest BCUT2D eigenvalue weighted by atomic mass is 16.4. The first-order chi connectivity index (χ1) is 10.0. The summed E-state index contributed by atoms with van der Waals surface area (Å²) < 4.78 is 6.02. The van der Waals surface area contributed by atoms with Gasteiger partial charge in [0.25, 0.3) is 0 Å². The zero-order valence-electron chi connectivity index (χ0n) is 13.8. The third kappa shape index (κ3) is 3.88. The van der Waals surface area contributed by atoms with Gasteiger partial charge in [-0.25, -0.2) is 4.98 Å². The number of nitrogens with zero attached hydrogens (tertiary/aromatic N) is 1. The smallest absolute Gasteiger partial charge is 0.208 e. The van der Waals surface area contributed by atoms with Crippen molar-refractivity contribution in [2.45, 2.75) is 83.7 Å². The van der Waals surface area contributed by atoms with Gasteiger partial charge in [0, 0.05) is 11.5 Å². The number of nitrogens with one attached hydrogen (secondary N) is 1. The first-order valence-corrected chi connectivity index (χ1v) is 8.71. The van der Waals surface area contributed by atoms with Crippen molar-refractivity contribution in [3.8, 4) is 0 Å². The van der Waals surface area contributed by atoms with E-state index in [9.17, 15) is 0 Å². The van der Waals surface area contributed by atoms with E-state index in [2.05, 4.69) is 31.1 Å². The molecule has 118 valence electrons. The summed E-state index contributed by atoms with van der Waals surface area (Å²) >= 11 is 0. The van der Waals surface area contributed by atoms with Gasteiger partial charge in [0.1, 0.15) is 5.76 Å². The predicted molar refractivity (Wildman–Crippen MR) is 85.1 cm³/mol. The van der Waals surface area contributed by atoms with Gasteiger partial charge in [0.15, 0.2) is 0 Å². The van der Waals surface area contributed by atoms with Crippen LogP contribution in [0.5, 0.6) is 0 Å². The summed E-state index contributed by atoms with van der Waals surface area (Å²) in [7, 11) is 0. The van der Waals surface area contributed by atoms with Gasteiger partial charge in [-0.1, -0.05) is 25.7 Å². The van der Waals surface area contributed by atoms with Crippen LogP contribution < -0.4 is 5.32 Å². The Morgan fingerprint density at radius 2 is 1.90 bits per heavy atom. The summed E-state index contributed by atoms with van der Waals surface area (Å²) in [6.07, 6.45) is 11.8. The molecule has 1 aromatic heterocycles. The zero-order valence-corrected chi connectivity index (χ0v) is 13.8. The number of aromatic nitrogens is 1. The van der Waals surface area contributed by atoms with Gasteiger partial charge in [0.05, 0.1) is 12.7 Å². The van der Waals surface area contributed by atoms with Crippen LogP contribution in [0.4, 0.5) is 0 Å². The molecule has 0 spiro atoms. The van der Waals surface area contributed by atoms with E-state index in [1.165, 1.54) is 44.9 Å². The first-order valence-electron chi connectivity index (χ1n) is 8.71. The SMILES string of the molecule is CC(C)(C)NCc1ncc(C2CCC3CCCCC3C2)o1. The van der Waals surface area contributed by atoms with Crippen LogP contribution in [-0.2, 0) is 6.54 Å². The summed E-state index contributed by atoms with van der Waals surface area (Å²) in [5.41, 5.74) is 0.106. The molecule has 21 heavy (non-hydrogen) atoms. The molecule has 1 N–H and O–H groups in total. The van der Waals surface area contributed by atoms with Crippen molar-refractivity contribution >= 4 is 0 Å². The molecule has 3 heteroatoms. The van der Waals surface area contributed by atoms with Gasteiger partial charge in [-0.05, 0) is 51.9 Å². The molecule has 3 unspecified atom stereocenters. The topological polar surface area (TPSA) is 38.1 Å². The van der Waals surface area contributed by atoms with Crippen molar-refractivity contribution in [1.29, 1.82) is 0 Å². The third-order valence-corrected chi connectivity index (χ3v) is 5.28. The van der Waals surface area contributed by atoms with Crippen molar-refractivity contribution in [2.75, 3.05) is 0 Å². The molecule has 0 aliphatic heterocycles. The molecule has 2 fully saturated rings. The monoisotopic (exact) mass is 290 g/mol. The number of hydrogen-bond acceptors (Lipinski definition) is 3. The molecule has 3 rings (SSSR count). The van der Waals surface area contributed by atoms with Crippen LogP contribution in [0.2, 0.25) is 0 Å². The lowest BCUT2D eigenvalue weighted by molar-refractivity contribution is 0.147. The van der Waals surface area contributed by atoms with Crippen LogP contribution in [0.1, 0.15) is 83.3 Å². The van der Waals surface area contributed by atoms with E-state index >= 15 is 0 Å². The normalized spacial score (nSPS) is 30.1. The summed E-state index contributed by atoms with van der Waals surface area (Å²) in [6, 6.07) is 0. The molecule has 0 bridgehead atoms. The quantitative estimate of drug-likeness (QED) is 0.881. The first kappa shape index (κ1) is 15.1. The molecule has 2 aliphatic carbocycles. The Balaban J connectivity index is 1.58. The standard InChI is InChI=1S/C18H30N2O/c1-18(2,3)20-12-17-19-11-16(21-17)15-9-8-13-6-4-5-7-14(13)10-15/h11,13-15,20H,4-10,12H2,1-3H3. The lowest BCUT2D eigenvalue weighted by atomic mass is 9.67. The highest BCUT2D eigenvalue weighted by molar-refractivity contribution is 5.05. The van der Waals surface area contributed by atoms with Crippen LogP contribution in [0, 0.1) is 11.8 Å². The van der Waals surface area contributed by atoms with Crippen LogP contribution in [0.15, 0.2) is 10.6 Å². The van der Waals surface area contributed by atoms with Gasteiger partial charge in [0.2, 0.25) is 5.89 Å². The Hall–Kier alpha value is -0.830. The lowest BCUT2D eigenvalue weighted by Gasteiger charge is -2.38. The summed E-state index contributed by atoms with van der Waals surface area (Å²) in [5.74, 6) is 4.52. The van der Waals surface area contributed by atoms with E-state index < -0.39 is 0 Å². The molecule has 3 nitrogen and oxygen atoms in total. The van der Waals surface area contributed by atoms with Crippen molar-refractivity contribution in [2.24, 2.45) is 11.8 Å². The fourth-order valence-corrected chi connectivity index (χ4v) is 4.07. The molecule has 0 aromatic carbocycles. The van der Waals surface area contributed by atoms with Gasteiger partial charge in [-0.3, -0.25) is 0 Å². The predicted octanol–water partition coefficient (Wildman–Crippen LogP) is 4.64. The van der Waals surface area contributed by atoms with Crippen molar-refractivity contribution in [1.82, 2.24) is 10.3 Å². The molecular formula is C18H30N2O. The van der Waals surface area contributed by atoms with Crippen LogP contribution in [0.3, 0.4) is 0 Å². The van der Waals surface area contributed by atoms with Crippen LogP contribution in [0.25, 0.3) is 0 Å². The van der Waals surface area contributed by atoms with Crippen molar-refractivity contribution in [3.05, 3.63) is 17.8 Å². The number of rotatable bonds is 3.